The molecule has 2 aromatic rings. The average Bonchev–Trinajstić information content (AvgIpc) is 2.30. The first kappa shape index (κ1) is 11.2. The fraction of sp³-hybridized carbons (Fsp3) is 0.0909. The third kappa shape index (κ3) is 1.72. The van der Waals surface area contributed by atoms with E-state index in [1.54, 1.807) is 18.2 Å². The first-order valence-electron chi connectivity index (χ1n) is 4.46. The van der Waals surface area contributed by atoms with Gasteiger partial charge in [0.05, 0.1) is 12.7 Å². The van der Waals surface area contributed by atoms with Crippen molar-refractivity contribution in [1.82, 2.24) is 4.98 Å². The summed E-state index contributed by atoms with van der Waals surface area (Å²) in [6.07, 6.45) is 1.36. The number of aromatic nitrogens is 1. The van der Waals surface area contributed by atoms with Gasteiger partial charge in [0, 0.05) is 22.0 Å². The third-order valence-electron chi connectivity index (χ3n) is 2.22. The molecule has 5 heteroatoms. The summed E-state index contributed by atoms with van der Waals surface area (Å²) in [5.74, 6) is -0.484. The zero-order valence-electron chi connectivity index (χ0n) is 8.33. The maximum absolute atomic E-state index is 11.5. The Balaban J connectivity index is 2.86. The van der Waals surface area contributed by atoms with Crippen molar-refractivity contribution >= 4 is 39.9 Å². The second-order valence-corrected chi connectivity index (χ2v) is 3.88. The molecule has 0 aliphatic rings. The lowest BCUT2D eigenvalue weighted by molar-refractivity contribution is 0.0602. The Labute approximate surface area is 102 Å². The van der Waals surface area contributed by atoms with Gasteiger partial charge in [0.15, 0.2) is 0 Å². The molecule has 0 aliphatic carbocycles. The van der Waals surface area contributed by atoms with Gasteiger partial charge in [0.25, 0.3) is 0 Å². The molecule has 82 valence electrons. The zero-order chi connectivity index (χ0) is 11.7. The summed E-state index contributed by atoms with van der Waals surface area (Å²) in [5, 5.41) is 1.96. The predicted octanol–water partition coefficient (Wildman–Crippen LogP) is 3.33. The molecule has 0 atom stereocenters. The molecule has 0 bridgehead atoms. The monoisotopic (exact) mass is 255 g/mol. The number of carbonyl (C=O) groups is 1. The molecule has 0 N–H and O–H groups in total. The molecular weight excluding hydrogens is 249 g/mol. The minimum absolute atomic E-state index is 0.310. The maximum Gasteiger partial charge on any atom is 0.340 e. The third-order valence-corrected chi connectivity index (χ3v) is 2.83. The number of ether oxygens (including phenoxy) is 1. The van der Waals surface area contributed by atoms with E-state index in [4.69, 9.17) is 23.2 Å². The second kappa shape index (κ2) is 4.28. The summed E-state index contributed by atoms with van der Waals surface area (Å²) in [6, 6.07) is 5.19. The molecule has 0 saturated carbocycles. The SMILES string of the molecule is COC(=O)c1cnc(Cl)c2cccc(Cl)c12. The molecule has 1 aromatic heterocycles. The van der Waals surface area contributed by atoms with Crippen LogP contribution in [0.3, 0.4) is 0 Å². The standard InChI is InChI=1S/C11H7Cl2NO2/c1-16-11(15)7-5-14-10(13)6-3-2-4-8(12)9(6)7/h2-5H,1H3. The predicted molar refractivity (Wildman–Crippen MR) is 63.1 cm³/mol. The van der Waals surface area contributed by atoms with Gasteiger partial charge in [-0.25, -0.2) is 9.78 Å². The minimum atomic E-state index is -0.484. The van der Waals surface area contributed by atoms with Crippen LogP contribution in [0.1, 0.15) is 10.4 Å². The maximum atomic E-state index is 11.5. The van der Waals surface area contributed by atoms with Crippen molar-refractivity contribution in [3.63, 3.8) is 0 Å². The molecule has 0 saturated heterocycles. The van der Waals surface area contributed by atoms with Crippen LogP contribution >= 0.6 is 23.2 Å². The van der Waals surface area contributed by atoms with Gasteiger partial charge in [0.1, 0.15) is 5.15 Å². The minimum Gasteiger partial charge on any atom is -0.465 e. The molecule has 0 radical (unpaired) electrons. The summed E-state index contributed by atoms with van der Waals surface area (Å²) in [6.45, 7) is 0. The van der Waals surface area contributed by atoms with E-state index in [0.29, 0.717) is 26.5 Å². The largest absolute Gasteiger partial charge is 0.465 e. The molecule has 0 aliphatic heterocycles. The average molecular weight is 256 g/mol. The lowest BCUT2D eigenvalue weighted by atomic mass is 10.1. The summed E-state index contributed by atoms with van der Waals surface area (Å²) >= 11 is 12.0. The van der Waals surface area contributed by atoms with Crippen LogP contribution in [-0.4, -0.2) is 18.1 Å². The van der Waals surface area contributed by atoms with E-state index >= 15 is 0 Å². The van der Waals surface area contributed by atoms with Crippen LogP contribution in [-0.2, 0) is 4.74 Å². The number of rotatable bonds is 1. The van der Waals surface area contributed by atoms with Crippen LogP contribution in [0.2, 0.25) is 10.2 Å². The topological polar surface area (TPSA) is 39.2 Å². The van der Waals surface area contributed by atoms with Gasteiger partial charge in [-0.2, -0.15) is 0 Å². The summed E-state index contributed by atoms with van der Waals surface area (Å²) in [5.41, 5.74) is 0.313. The molecular formula is C11H7Cl2NO2. The highest BCUT2D eigenvalue weighted by atomic mass is 35.5. The zero-order valence-corrected chi connectivity index (χ0v) is 9.84. The van der Waals surface area contributed by atoms with E-state index in [9.17, 15) is 4.79 Å². The Bertz CT molecular complexity index is 569. The molecule has 0 amide bonds. The summed E-state index contributed by atoms with van der Waals surface area (Å²) in [7, 11) is 1.31. The number of pyridine rings is 1. The molecule has 1 aromatic carbocycles. The highest BCUT2D eigenvalue weighted by Crippen LogP contribution is 2.30. The van der Waals surface area contributed by atoms with Gasteiger partial charge < -0.3 is 4.74 Å². The number of benzene rings is 1. The first-order chi connectivity index (χ1) is 7.65. The summed E-state index contributed by atoms with van der Waals surface area (Å²) < 4.78 is 4.66. The fourth-order valence-electron chi connectivity index (χ4n) is 1.49. The Morgan fingerprint density at radius 3 is 2.81 bits per heavy atom. The van der Waals surface area contributed by atoms with Crippen LogP contribution in [0.5, 0.6) is 0 Å². The van der Waals surface area contributed by atoms with Crippen molar-refractivity contribution in [1.29, 1.82) is 0 Å². The van der Waals surface area contributed by atoms with Gasteiger partial charge >= 0.3 is 5.97 Å². The highest BCUT2D eigenvalue weighted by molar-refractivity contribution is 6.40. The Kier molecular flexibility index (Phi) is 2.99. The quantitative estimate of drug-likeness (QED) is 0.580. The van der Waals surface area contributed by atoms with Crippen molar-refractivity contribution in [3.8, 4) is 0 Å². The number of carbonyl (C=O) groups excluding carboxylic acids is 1. The molecule has 1 heterocycles. The van der Waals surface area contributed by atoms with E-state index in [0.717, 1.165) is 0 Å². The van der Waals surface area contributed by atoms with Gasteiger partial charge in [-0.15, -0.1) is 0 Å². The van der Waals surface area contributed by atoms with E-state index in [2.05, 4.69) is 9.72 Å². The van der Waals surface area contributed by atoms with Crippen LogP contribution in [0, 0.1) is 0 Å². The molecule has 3 nitrogen and oxygen atoms in total. The lowest BCUT2D eigenvalue weighted by Crippen LogP contribution is -2.03. The number of hydrogen-bond donors (Lipinski definition) is 0. The molecule has 0 spiro atoms. The van der Waals surface area contributed by atoms with Crippen molar-refractivity contribution in [2.24, 2.45) is 0 Å². The van der Waals surface area contributed by atoms with Crippen LogP contribution < -0.4 is 0 Å². The van der Waals surface area contributed by atoms with Crippen LogP contribution in [0.25, 0.3) is 10.8 Å². The van der Waals surface area contributed by atoms with Gasteiger partial charge in [-0.3, -0.25) is 0 Å². The number of fused-ring (bicyclic) bond motifs is 1. The molecule has 0 unspecified atom stereocenters. The number of nitrogens with zero attached hydrogens (tertiary/aromatic N) is 1. The number of hydrogen-bond acceptors (Lipinski definition) is 3. The lowest BCUT2D eigenvalue weighted by Gasteiger charge is -2.06. The van der Waals surface area contributed by atoms with Crippen molar-refractivity contribution in [3.05, 3.63) is 40.1 Å². The first-order valence-corrected chi connectivity index (χ1v) is 5.21. The smallest absolute Gasteiger partial charge is 0.340 e. The number of halogens is 2. The molecule has 0 fully saturated rings. The number of esters is 1. The Hall–Kier alpha value is -1.32. The van der Waals surface area contributed by atoms with Gasteiger partial charge in [0.2, 0.25) is 0 Å². The van der Waals surface area contributed by atoms with Crippen LogP contribution in [0.15, 0.2) is 24.4 Å². The van der Waals surface area contributed by atoms with E-state index in [-0.39, 0.29) is 0 Å². The van der Waals surface area contributed by atoms with E-state index < -0.39 is 5.97 Å². The van der Waals surface area contributed by atoms with Crippen molar-refractivity contribution < 1.29 is 9.53 Å². The molecule has 2 rings (SSSR count). The second-order valence-electron chi connectivity index (χ2n) is 3.12. The van der Waals surface area contributed by atoms with Gasteiger partial charge in [-0.1, -0.05) is 35.3 Å². The van der Waals surface area contributed by atoms with E-state index in [1.807, 2.05) is 0 Å². The fourth-order valence-corrected chi connectivity index (χ4v) is 1.97. The molecule has 16 heavy (non-hydrogen) atoms. The van der Waals surface area contributed by atoms with Crippen LogP contribution in [0.4, 0.5) is 0 Å². The summed E-state index contributed by atoms with van der Waals surface area (Å²) in [4.78, 5) is 15.5. The van der Waals surface area contributed by atoms with Crippen molar-refractivity contribution in [2.75, 3.05) is 7.11 Å². The van der Waals surface area contributed by atoms with E-state index in [1.165, 1.54) is 13.3 Å². The Morgan fingerprint density at radius 1 is 1.38 bits per heavy atom. The normalized spacial score (nSPS) is 10.4. The highest BCUT2D eigenvalue weighted by Gasteiger charge is 2.15. The van der Waals surface area contributed by atoms with Crippen molar-refractivity contribution in [2.45, 2.75) is 0 Å². The Morgan fingerprint density at radius 2 is 2.12 bits per heavy atom. The number of methoxy groups -OCH3 is 1. The van der Waals surface area contributed by atoms with Gasteiger partial charge in [-0.05, 0) is 6.07 Å².